The molecule has 102 valence electrons. The smallest absolute Gasteiger partial charge is 0.240 e. The van der Waals surface area contributed by atoms with Crippen LogP contribution in [0.3, 0.4) is 0 Å². The zero-order valence-corrected chi connectivity index (χ0v) is 11.1. The van der Waals surface area contributed by atoms with Crippen LogP contribution in [0, 0.1) is 0 Å². The molecule has 3 N–H and O–H groups in total. The lowest BCUT2D eigenvalue weighted by atomic mass is 10.3. The Morgan fingerprint density at radius 3 is 2.44 bits per heavy atom. The van der Waals surface area contributed by atoms with E-state index in [4.69, 9.17) is 15.2 Å². The Morgan fingerprint density at radius 2 is 1.83 bits per heavy atom. The number of nitrogens with two attached hydrogens (primary N) is 1. The fourth-order valence-corrected chi connectivity index (χ4v) is 2.24. The third-order valence-corrected chi connectivity index (χ3v) is 3.64. The second-order valence-electron chi connectivity index (χ2n) is 3.57. The Hall–Kier alpha value is -1.15. The number of hydrogen-bond acceptors (Lipinski definition) is 5. The van der Waals surface area contributed by atoms with Gasteiger partial charge in [-0.1, -0.05) is 0 Å². The van der Waals surface area contributed by atoms with Crippen LogP contribution >= 0.6 is 0 Å². The van der Waals surface area contributed by atoms with Gasteiger partial charge in [-0.15, -0.1) is 0 Å². The van der Waals surface area contributed by atoms with E-state index in [-0.39, 0.29) is 11.4 Å². The molecule has 18 heavy (non-hydrogen) atoms. The van der Waals surface area contributed by atoms with Crippen molar-refractivity contribution in [3.63, 3.8) is 0 Å². The van der Waals surface area contributed by atoms with Gasteiger partial charge in [-0.05, 0) is 24.3 Å². The molecule has 0 aliphatic heterocycles. The van der Waals surface area contributed by atoms with Crippen LogP contribution in [-0.4, -0.2) is 41.9 Å². The molecule has 0 amide bonds. The number of hydrogen-bond donors (Lipinski definition) is 2. The van der Waals surface area contributed by atoms with Crippen LogP contribution in [0.25, 0.3) is 0 Å². The molecule has 0 saturated carbocycles. The minimum absolute atomic E-state index is 0.189. The molecule has 7 heteroatoms. The van der Waals surface area contributed by atoms with E-state index in [9.17, 15) is 8.42 Å². The molecule has 0 spiro atoms. The van der Waals surface area contributed by atoms with Crippen molar-refractivity contribution in [3.8, 4) is 0 Å². The van der Waals surface area contributed by atoms with Crippen LogP contribution in [0.4, 0.5) is 5.69 Å². The normalized spacial score (nSPS) is 11.6. The standard InChI is InChI=1S/C11H18N2O4S/c1-16-8-9-17-7-6-13-18(14,15)11-4-2-10(12)3-5-11/h2-5,13H,6-9,12H2,1H3. The second-order valence-corrected chi connectivity index (χ2v) is 5.34. The molecule has 0 fully saturated rings. The minimum Gasteiger partial charge on any atom is -0.399 e. The van der Waals surface area contributed by atoms with E-state index in [0.717, 1.165) is 0 Å². The SMILES string of the molecule is COCCOCCNS(=O)(=O)c1ccc(N)cc1. The van der Waals surface area contributed by atoms with E-state index in [1.165, 1.54) is 12.1 Å². The molecular formula is C11H18N2O4S. The Bertz CT molecular complexity index is 445. The molecule has 0 aliphatic carbocycles. The maximum Gasteiger partial charge on any atom is 0.240 e. The topological polar surface area (TPSA) is 90.6 Å². The summed E-state index contributed by atoms with van der Waals surface area (Å²) in [5.74, 6) is 0. The molecule has 0 bridgehead atoms. The van der Waals surface area contributed by atoms with Crippen molar-refractivity contribution in [2.24, 2.45) is 0 Å². The first kappa shape index (κ1) is 14.9. The van der Waals surface area contributed by atoms with Crippen molar-refractivity contribution in [3.05, 3.63) is 24.3 Å². The summed E-state index contributed by atoms with van der Waals surface area (Å²) in [6.45, 7) is 1.46. The molecule has 0 atom stereocenters. The second kappa shape index (κ2) is 7.32. The van der Waals surface area contributed by atoms with Gasteiger partial charge >= 0.3 is 0 Å². The van der Waals surface area contributed by atoms with Gasteiger partial charge in [0.1, 0.15) is 0 Å². The zero-order chi connectivity index (χ0) is 13.4. The van der Waals surface area contributed by atoms with Crippen molar-refractivity contribution in [2.75, 3.05) is 39.2 Å². The van der Waals surface area contributed by atoms with Crippen LogP contribution in [0.5, 0.6) is 0 Å². The summed E-state index contributed by atoms with van der Waals surface area (Å²) in [5, 5.41) is 0. The van der Waals surface area contributed by atoms with E-state index in [1.807, 2.05) is 0 Å². The highest BCUT2D eigenvalue weighted by molar-refractivity contribution is 7.89. The summed E-state index contributed by atoms with van der Waals surface area (Å²) in [6.07, 6.45) is 0. The zero-order valence-electron chi connectivity index (χ0n) is 10.3. The van der Waals surface area contributed by atoms with Gasteiger partial charge in [0.2, 0.25) is 10.0 Å². The van der Waals surface area contributed by atoms with Gasteiger partial charge in [-0.25, -0.2) is 13.1 Å². The molecule has 0 aromatic heterocycles. The average molecular weight is 274 g/mol. The largest absolute Gasteiger partial charge is 0.399 e. The van der Waals surface area contributed by atoms with Crippen LogP contribution < -0.4 is 10.5 Å². The highest BCUT2D eigenvalue weighted by atomic mass is 32.2. The first-order valence-corrected chi connectivity index (χ1v) is 6.96. The van der Waals surface area contributed by atoms with E-state index in [1.54, 1.807) is 19.2 Å². The maximum absolute atomic E-state index is 11.8. The lowest BCUT2D eigenvalue weighted by Crippen LogP contribution is -2.27. The Labute approximate surface area is 107 Å². The molecule has 1 aromatic carbocycles. The van der Waals surface area contributed by atoms with Crippen molar-refractivity contribution in [1.82, 2.24) is 4.72 Å². The molecule has 0 heterocycles. The number of rotatable bonds is 8. The van der Waals surface area contributed by atoms with Crippen molar-refractivity contribution in [2.45, 2.75) is 4.90 Å². The van der Waals surface area contributed by atoms with Crippen molar-refractivity contribution >= 4 is 15.7 Å². The molecule has 0 aliphatic rings. The number of nitrogens with one attached hydrogen (secondary N) is 1. The number of sulfonamides is 1. The number of ether oxygens (including phenoxy) is 2. The molecule has 1 rings (SSSR count). The predicted molar refractivity (Wildman–Crippen MR) is 68.7 cm³/mol. The van der Waals surface area contributed by atoms with Gasteiger partial charge in [-0.2, -0.15) is 0 Å². The van der Waals surface area contributed by atoms with E-state index in [2.05, 4.69) is 4.72 Å². The van der Waals surface area contributed by atoms with Gasteiger partial charge in [-0.3, -0.25) is 0 Å². The van der Waals surface area contributed by atoms with Gasteiger partial charge in [0.05, 0.1) is 24.7 Å². The van der Waals surface area contributed by atoms with Gasteiger partial charge < -0.3 is 15.2 Å². The fraction of sp³-hybridized carbons (Fsp3) is 0.455. The van der Waals surface area contributed by atoms with Gasteiger partial charge in [0.15, 0.2) is 0 Å². The molecular weight excluding hydrogens is 256 g/mol. The Kier molecular flexibility index (Phi) is 6.06. The van der Waals surface area contributed by atoms with E-state index < -0.39 is 10.0 Å². The van der Waals surface area contributed by atoms with Crippen molar-refractivity contribution < 1.29 is 17.9 Å². The number of anilines is 1. The number of nitrogen functional groups attached to an aromatic ring is 1. The quantitative estimate of drug-likeness (QED) is 0.522. The van der Waals surface area contributed by atoms with Gasteiger partial charge in [0.25, 0.3) is 0 Å². The van der Waals surface area contributed by atoms with E-state index in [0.29, 0.717) is 25.5 Å². The molecule has 0 unspecified atom stereocenters. The lowest BCUT2D eigenvalue weighted by molar-refractivity contribution is 0.0736. The van der Waals surface area contributed by atoms with Gasteiger partial charge in [0, 0.05) is 19.3 Å². The van der Waals surface area contributed by atoms with Crippen LogP contribution in [0.1, 0.15) is 0 Å². The summed E-state index contributed by atoms with van der Waals surface area (Å²) in [6, 6.07) is 6.01. The number of methoxy groups -OCH3 is 1. The minimum atomic E-state index is -3.49. The predicted octanol–water partition coefficient (Wildman–Crippen LogP) is 0.210. The Balaban J connectivity index is 2.38. The molecule has 0 saturated heterocycles. The summed E-state index contributed by atoms with van der Waals surface area (Å²) in [7, 11) is -1.91. The summed E-state index contributed by atoms with van der Waals surface area (Å²) in [5.41, 5.74) is 6.02. The monoisotopic (exact) mass is 274 g/mol. The Morgan fingerprint density at radius 1 is 1.17 bits per heavy atom. The third-order valence-electron chi connectivity index (χ3n) is 2.16. The summed E-state index contributed by atoms with van der Waals surface area (Å²) in [4.78, 5) is 0.189. The fourth-order valence-electron chi connectivity index (χ4n) is 1.22. The maximum atomic E-state index is 11.8. The average Bonchev–Trinajstić information content (AvgIpc) is 2.34. The van der Waals surface area contributed by atoms with Crippen LogP contribution in [-0.2, 0) is 19.5 Å². The third kappa shape index (κ3) is 5.01. The molecule has 6 nitrogen and oxygen atoms in total. The summed E-state index contributed by atoms with van der Waals surface area (Å²) >= 11 is 0. The lowest BCUT2D eigenvalue weighted by Gasteiger charge is -2.07. The first-order valence-electron chi connectivity index (χ1n) is 5.48. The summed E-state index contributed by atoms with van der Waals surface area (Å²) < 4.78 is 36.0. The van der Waals surface area contributed by atoms with Crippen LogP contribution in [0.15, 0.2) is 29.2 Å². The van der Waals surface area contributed by atoms with E-state index >= 15 is 0 Å². The molecule has 0 radical (unpaired) electrons. The highest BCUT2D eigenvalue weighted by Gasteiger charge is 2.12. The van der Waals surface area contributed by atoms with Crippen molar-refractivity contribution in [1.29, 1.82) is 0 Å². The first-order chi connectivity index (χ1) is 8.56. The highest BCUT2D eigenvalue weighted by Crippen LogP contribution is 2.10. The number of benzene rings is 1. The van der Waals surface area contributed by atoms with Crippen LogP contribution in [0.2, 0.25) is 0 Å². The molecule has 1 aromatic rings.